The van der Waals surface area contributed by atoms with Crippen molar-refractivity contribution in [1.29, 1.82) is 0 Å². The summed E-state index contributed by atoms with van der Waals surface area (Å²) in [5, 5.41) is 0. The summed E-state index contributed by atoms with van der Waals surface area (Å²) in [5.41, 5.74) is 0. The number of ether oxygens (including phenoxy) is 1. The molecule has 0 radical (unpaired) electrons. The van der Waals surface area contributed by atoms with Crippen molar-refractivity contribution in [3.05, 3.63) is 0 Å². The van der Waals surface area contributed by atoms with E-state index in [4.69, 9.17) is 4.74 Å². The van der Waals surface area contributed by atoms with Crippen molar-refractivity contribution in [3.8, 4) is 0 Å². The Morgan fingerprint density at radius 2 is 0.889 bits per heavy atom. The second-order valence-electron chi connectivity index (χ2n) is 12.8. The Labute approximate surface area is 226 Å². The molecular weight excluding hydrogens is 444 g/mol. The lowest BCUT2D eigenvalue weighted by Gasteiger charge is -2.28. The van der Waals surface area contributed by atoms with Crippen LogP contribution < -0.4 is 0 Å². The van der Waals surface area contributed by atoms with Crippen LogP contribution in [0, 0.1) is 23.7 Å². The lowest BCUT2D eigenvalue weighted by molar-refractivity contribution is 0.0503. The molecule has 36 heavy (non-hydrogen) atoms. The van der Waals surface area contributed by atoms with Crippen LogP contribution in [0.2, 0.25) is 0 Å². The summed E-state index contributed by atoms with van der Waals surface area (Å²) in [6.07, 6.45) is 16.4. The number of likely N-dealkylation sites (tertiary alicyclic amines) is 1. The van der Waals surface area contributed by atoms with Crippen molar-refractivity contribution >= 4 is 0 Å². The van der Waals surface area contributed by atoms with Crippen molar-refractivity contribution in [3.63, 3.8) is 0 Å². The second-order valence-corrected chi connectivity index (χ2v) is 12.8. The maximum Gasteiger partial charge on any atom is 0.0594 e. The van der Waals surface area contributed by atoms with Gasteiger partial charge in [-0.05, 0) is 103 Å². The summed E-state index contributed by atoms with van der Waals surface area (Å²) in [4.78, 5) is 9.38. The van der Waals surface area contributed by atoms with Gasteiger partial charge in [0.25, 0.3) is 0 Å². The molecule has 3 saturated carbocycles. The molecule has 6 aliphatic rings. The number of likely N-dealkylation sites (N-methyl/N-ethyl adjacent to an activating group) is 3. The highest BCUT2D eigenvalue weighted by Gasteiger charge is 2.38. The van der Waals surface area contributed by atoms with Crippen LogP contribution in [0.5, 0.6) is 0 Å². The van der Waals surface area contributed by atoms with E-state index in [0.29, 0.717) is 0 Å². The third kappa shape index (κ3) is 16.6. The number of hydrogen-bond donors (Lipinski definition) is 0. The maximum atomic E-state index is 5.10. The van der Waals surface area contributed by atoms with Gasteiger partial charge in [0.05, 0.1) is 13.2 Å². The molecule has 6 fully saturated rings. The topological polar surface area (TPSA) is 22.2 Å². The fourth-order valence-corrected chi connectivity index (χ4v) is 5.37. The average Bonchev–Trinajstić information content (AvgIpc) is 3.82. The molecule has 6 rings (SSSR count). The molecule has 214 valence electrons. The molecule has 0 aromatic heterocycles. The maximum absolute atomic E-state index is 5.10. The molecule has 0 amide bonds. The van der Waals surface area contributed by atoms with Crippen LogP contribution in [0.3, 0.4) is 0 Å². The zero-order valence-electron chi connectivity index (χ0n) is 25.4. The van der Waals surface area contributed by atoms with E-state index in [0.717, 1.165) is 50.0 Å². The van der Waals surface area contributed by atoms with Gasteiger partial charge < -0.3 is 24.3 Å². The summed E-state index contributed by atoms with van der Waals surface area (Å²) < 4.78 is 5.10. The monoisotopic (exact) mass is 509 g/mol. The molecule has 3 aliphatic carbocycles. The number of piperidine rings is 1. The van der Waals surface area contributed by atoms with Crippen molar-refractivity contribution < 1.29 is 4.74 Å². The van der Waals surface area contributed by atoms with Gasteiger partial charge in [0.2, 0.25) is 0 Å². The first-order chi connectivity index (χ1) is 17.3. The molecule has 0 aromatic rings. The molecule has 5 heteroatoms. The first kappa shape index (κ1) is 32.0. The van der Waals surface area contributed by atoms with Crippen LogP contribution >= 0.6 is 0 Å². The van der Waals surface area contributed by atoms with Gasteiger partial charge in [0.15, 0.2) is 0 Å². The molecule has 3 aliphatic heterocycles. The van der Waals surface area contributed by atoms with E-state index in [2.05, 4.69) is 61.6 Å². The average molecular weight is 509 g/mol. The lowest BCUT2D eigenvalue weighted by Crippen LogP contribution is -2.42. The SMILES string of the molecule is CC(C1CC1)C1CC1.CC1CCCC1.CN1CCCCC1.CN1CCN(C)CC1.CN1CCOCC1. The van der Waals surface area contributed by atoms with Gasteiger partial charge in [-0.15, -0.1) is 0 Å². The molecule has 3 heterocycles. The number of hydrogen-bond acceptors (Lipinski definition) is 5. The zero-order valence-corrected chi connectivity index (χ0v) is 25.4. The van der Waals surface area contributed by atoms with Crippen molar-refractivity contribution in [2.45, 2.75) is 84.5 Å². The van der Waals surface area contributed by atoms with E-state index in [9.17, 15) is 0 Å². The minimum atomic E-state index is 0.913. The Bertz CT molecular complexity index is 461. The first-order valence-electron chi connectivity index (χ1n) is 15.7. The van der Waals surface area contributed by atoms with Crippen molar-refractivity contribution in [2.24, 2.45) is 23.7 Å². The van der Waals surface area contributed by atoms with E-state index < -0.39 is 0 Å². The van der Waals surface area contributed by atoms with Crippen molar-refractivity contribution in [1.82, 2.24) is 19.6 Å². The Balaban J connectivity index is 0.000000159. The zero-order chi connectivity index (χ0) is 26.2. The Morgan fingerprint density at radius 3 is 1.14 bits per heavy atom. The standard InChI is InChI=1S/C8H14.C6H14N2.C6H13N.C6H12.C5H11NO/c1-6(7-2-3-7)8-4-5-8;1-7-3-5-8(2)6-4-7;1-7-5-3-2-4-6-7;1-6-4-2-3-5-6;1-6-2-4-7-5-3-6/h6-8H,2-5H2,1H3;3-6H2,1-2H3;2-6H2,1H3;6H,2-5H2,1H3;2-5H2,1H3. The predicted molar refractivity (Wildman–Crippen MR) is 157 cm³/mol. The van der Waals surface area contributed by atoms with Crippen LogP contribution in [0.15, 0.2) is 0 Å². The van der Waals surface area contributed by atoms with Crippen LogP contribution in [-0.4, -0.2) is 113 Å². The van der Waals surface area contributed by atoms with Crippen LogP contribution in [0.25, 0.3) is 0 Å². The highest BCUT2D eigenvalue weighted by molar-refractivity contribution is 4.88. The lowest BCUT2D eigenvalue weighted by atomic mass is 10.0. The van der Waals surface area contributed by atoms with Crippen LogP contribution in [-0.2, 0) is 4.74 Å². The Hall–Kier alpha value is -0.200. The molecule has 0 N–H and O–H groups in total. The van der Waals surface area contributed by atoms with Crippen LogP contribution in [0.4, 0.5) is 0 Å². The third-order valence-electron chi connectivity index (χ3n) is 8.92. The van der Waals surface area contributed by atoms with Gasteiger partial charge in [-0.2, -0.15) is 0 Å². The number of rotatable bonds is 2. The minimum absolute atomic E-state index is 0.913. The molecular formula is C31H64N4O. The fourth-order valence-electron chi connectivity index (χ4n) is 5.37. The van der Waals surface area contributed by atoms with Gasteiger partial charge >= 0.3 is 0 Å². The smallest absolute Gasteiger partial charge is 0.0594 e. The van der Waals surface area contributed by atoms with Gasteiger partial charge in [-0.25, -0.2) is 0 Å². The van der Waals surface area contributed by atoms with Gasteiger partial charge in [0.1, 0.15) is 0 Å². The highest BCUT2D eigenvalue weighted by atomic mass is 16.5. The van der Waals surface area contributed by atoms with Crippen molar-refractivity contribution in [2.75, 3.05) is 93.8 Å². The summed E-state index contributed by atoms with van der Waals surface area (Å²) in [5.74, 6) is 4.45. The number of morpholine rings is 1. The van der Waals surface area contributed by atoms with E-state index in [1.165, 1.54) is 110 Å². The number of nitrogens with zero attached hydrogens (tertiary/aromatic N) is 4. The molecule has 0 aromatic carbocycles. The van der Waals surface area contributed by atoms with E-state index in [1.54, 1.807) is 0 Å². The molecule has 0 atom stereocenters. The third-order valence-corrected chi connectivity index (χ3v) is 8.92. The first-order valence-corrected chi connectivity index (χ1v) is 15.7. The summed E-state index contributed by atoms with van der Waals surface area (Å²) in [6.45, 7) is 16.4. The summed E-state index contributed by atoms with van der Waals surface area (Å²) in [6, 6.07) is 0. The Kier molecular flexibility index (Phi) is 16.9. The number of piperazine rings is 1. The second kappa shape index (κ2) is 19.0. The largest absolute Gasteiger partial charge is 0.379 e. The molecule has 3 saturated heterocycles. The summed E-state index contributed by atoms with van der Waals surface area (Å²) in [7, 11) is 8.65. The van der Waals surface area contributed by atoms with Gasteiger partial charge in [-0.3, -0.25) is 0 Å². The van der Waals surface area contributed by atoms with E-state index >= 15 is 0 Å². The molecule has 5 nitrogen and oxygen atoms in total. The summed E-state index contributed by atoms with van der Waals surface area (Å²) >= 11 is 0. The Morgan fingerprint density at radius 1 is 0.500 bits per heavy atom. The molecule has 0 unspecified atom stereocenters. The van der Waals surface area contributed by atoms with Crippen LogP contribution in [0.1, 0.15) is 84.5 Å². The van der Waals surface area contributed by atoms with Gasteiger partial charge in [-0.1, -0.05) is 46.0 Å². The quantitative estimate of drug-likeness (QED) is 0.486. The predicted octanol–water partition coefficient (Wildman–Crippen LogP) is 5.55. The van der Waals surface area contributed by atoms with E-state index in [-0.39, 0.29) is 0 Å². The molecule has 0 bridgehead atoms. The normalized spacial score (nSPS) is 26.4. The minimum Gasteiger partial charge on any atom is -0.379 e. The van der Waals surface area contributed by atoms with Gasteiger partial charge in [0, 0.05) is 39.3 Å². The highest BCUT2D eigenvalue weighted by Crippen LogP contribution is 2.48. The molecule has 0 spiro atoms. The van der Waals surface area contributed by atoms with E-state index in [1.807, 2.05) is 0 Å². The fraction of sp³-hybridized carbons (Fsp3) is 1.00.